The second-order valence-corrected chi connectivity index (χ2v) is 5.54. The molecule has 0 aliphatic rings. The fraction of sp³-hybridized carbons (Fsp3) is 0.211. The predicted octanol–water partition coefficient (Wildman–Crippen LogP) is 4.16. The summed E-state index contributed by atoms with van der Waals surface area (Å²) >= 11 is 0. The standard InChI is InChI=1S/C19H20N2/c1-13-6-7-14(2)17(11-13)19(20-3)16-8-9-18-15(12-16)5-4-10-21-18/h4-12,19-20H,1-3H3. The lowest BCUT2D eigenvalue weighted by molar-refractivity contribution is 0.688. The van der Waals surface area contributed by atoms with Crippen LogP contribution in [0.5, 0.6) is 0 Å². The summed E-state index contributed by atoms with van der Waals surface area (Å²) in [7, 11) is 2.01. The van der Waals surface area contributed by atoms with Gasteiger partial charge in [0.1, 0.15) is 0 Å². The van der Waals surface area contributed by atoms with E-state index in [1.54, 1.807) is 0 Å². The fourth-order valence-electron chi connectivity index (χ4n) is 2.85. The van der Waals surface area contributed by atoms with Crippen molar-refractivity contribution in [3.8, 4) is 0 Å². The number of hydrogen-bond acceptors (Lipinski definition) is 2. The van der Waals surface area contributed by atoms with E-state index in [1.807, 2.05) is 19.3 Å². The Bertz CT molecular complexity index is 777. The van der Waals surface area contributed by atoms with Crippen molar-refractivity contribution in [3.63, 3.8) is 0 Å². The Labute approximate surface area is 125 Å². The monoisotopic (exact) mass is 276 g/mol. The average Bonchev–Trinajstić information content (AvgIpc) is 2.51. The molecule has 0 spiro atoms. The topological polar surface area (TPSA) is 24.9 Å². The molecule has 2 heteroatoms. The molecule has 0 amide bonds. The lowest BCUT2D eigenvalue weighted by Crippen LogP contribution is -2.18. The smallest absolute Gasteiger partial charge is 0.0702 e. The Morgan fingerprint density at radius 1 is 1.00 bits per heavy atom. The Hall–Kier alpha value is -2.19. The van der Waals surface area contributed by atoms with Crippen molar-refractivity contribution in [2.75, 3.05) is 7.05 Å². The third kappa shape index (κ3) is 2.67. The van der Waals surface area contributed by atoms with Gasteiger partial charge in [-0.05, 0) is 55.8 Å². The van der Waals surface area contributed by atoms with E-state index in [0.717, 1.165) is 5.52 Å². The van der Waals surface area contributed by atoms with Crippen LogP contribution in [0.3, 0.4) is 0 Å². The maximum atomic E-state index is 4.39. The number of aromatic nitrogens is 1. The van der Waals surface area contributed by atoms with Crippen LogP contribution in [0.25, 0.3) is 10.9 Å². The first-order valence-electron chi connectivity index (χ1n) is 7.28. The van der Waals surface area contributed by atoms with Crippen molar-refractivity contribution < 1.29 is 0 Å². The van der Waals surface area contributed by atoms with Crippen LogP contribution in [-0.2, 0) is 0 Å². The summed E-state index contributed by atoms with van der Waals surface area (Å²) in [6.45, 7) is 4.31. The van der Waals surface area contributed by atoms with Crippen LogP contribution in [0.15, 0.2) is 54.7 Å². The molecule has 0 aliphatic heterocycles. The van der Waals surface area contributed by atoms with Crippen LogP contribution in [0.4, 0.5) is 0 Å². The molecule has 0 saturated heterocycles. The molecule has 1 aromatic heterocycles. The van der Waals surface area contributed by atoms with E-state index < -0.39 is 0 Å². The number of benzene rings is 2. The molecule has 21 heavy (non-hydrogen) atoms. The third-order valence-corrected chi connectivity index (χ3v) is 3.99. The molecule has 2 aromatic carbocycles. The molecule has 1 heterocycles. The van der Waals surface area contributed by atoms with Crippen LogP contribution in [-0.4, -0.2) is 12.0 Å². The van der Waals surface area contributed by atoms with E-state index >= 15 is 0 Å². The van der Waals surface area contributed by atoms with Gasteiger partial charge in [0.15, 0.2) is 0 Å². The summed E-state index contributed by atoms with van der Waals surface area (Å²) in [5.41, 5.74) is 6.24. The Morgan fingerprint density at radius 3 is 2.67 bits per heavy atom. The van der Waals surface area contributed by atoms with Gasteiger partial charge >= 0.3 is 0 Å². The number of hydrogen-bond donors (Lipinski definition) is 1. The molecule has 0 bridgehead atoms. The minimum absolute atomic E-state index is 0.203. The van der Waals surface area contributed by atoms with Gasteiger partial charge in [-0.3, -0.25) is 4.98 Å². The first-order valence-corrected chi connectivity index (χ1v) is 7.28. The average molecular weight is 276 g/mol. The number of nitrogens with one attached hydrogen (secondary N) is 1. The molecule has 0 aliphatic carbocycles. The van der Waals surface area contributed by atoms with Gasteiger partial charge in [-0.1, -0.05) is 35.9 Å². The zero-order chi connectivity index (χ0) is 14.8. The lowest BCUT2D eigenvalue weighted by Gasteiger charge is -2.20. The number of nitrogens with zero attached hydrogens (tertiary/aromatic N) is 1. The summed E-state index contributed by atoms with van der Waals surface area (Å²) in [6.07, 6.45) is 1.84. The van der Waals surface area contributed by atoms with Gasteiger partial charge in [0.2, 0.25) is 0 Å². The van der Waals surface area contributed by atoms with Crippen molar-refractivity contribution in [2.24, 2.45) is 0 Å². The summed E-state index contributed by atoms with van der Waals surface area (Å²) in [5, 5.41) is 4.63. The van der Waals surface area contributed by atoms with Gasteiger partial charge < -0.3 is 5.32 Å². The van der Waals surface area contributed by atoms with Gasteiger partial charge in [0, 0.05) is 11.6 Å². The summed E-state index contributed by atoms with van der Waals surface area (Å²) in [4.78, 5) is 4.39. The van der Waals surface area contributed by atoms with E-state index in [1.165, 1.54) is 27.6 Å². The van der Waals surface area contributed by atoms with E-state index in [4.69, 9.17) is 0 Å². The number of pyridine rings is 1. The number of rotatable bonds is 3. The van der Waals surface area contributed by atoms with Crippen molar-refractivity contribution >= 4 is 10.9 Å². The van der Waals surface area contributed by atoms with Crippen LogP contribution in [0.1, 0.15) is 28.3 Å². The first-order chi connectivity index (χ1) is 10.2. The van der Waals surface area contributed by atoms with Crippen molar-refractivity contribution in [2.45, 2.75) is 19.9 Å². The maximum Gasteiger partial charge on any atom is 0.0702 e. The molecule has 3 aromatic rings. The maximum absolute atomic E-state index is 4.39. The van der Waals surface area contributed by atoms with E-state index in [9.17, 15) is 0 Å². The van der Waals surface area contributed by atoms with Crippen LogP contribution < -0.4 is 5.32 Å². The van der Waals surface area contributed by atoms with Crippen LogP contribution in [0, 0.1) is 13.8 Å². The van der Waals surface area contributed by atoms with Gasteiger partial charge in [0.25, 0.3) is 0 Å². The zero-order valence-corrected chi connectivity index (χ0v) is 12.7. The quantitative estimate of drug-likeness (QED) is 0.777. The first kappa shape index (κ1) is 13.8. The summed E-state index contributed by atoms with van der Waals surface area (Å²) in [5.74, 6) is 0. The third-order valence-electron chi connectivity index (χ3n) is 3.99. The van der Waals surface area contributed by atoms with Gasteiger partial charge in [-0.15, -0.1) is 0 Å². The molecule has 0 fully saturated rings. The van der Waals surface area contributed by atoms with Gasteiger partial charge in [0.05, 0.1) is 11.6 Å². The zero-order valence-electron chi connectivity index (χ0n) is 12.7. The lowest BCUT2D eigenvalue weighted by atomic mass is 9.93. The molecule has 2 nitrogen and oxygen atoms in total. The molecule has 1 N–H and O–H groups in total. The molecular formula is C19H20N2. The molecule has 3 rings (SSSR count). The Balaban J connectivity index is 2.11. The Morgan fingerprint density at radius 2 is 1.86 bits per heavy atom. The Kier molecular flexibility index (Phi) is 3.72. The highest BCUT2D eigenvalue weighted by Gasteiger charge is 2.14. The molecule has 0 radical (unpaired) electrons. The molecule has 1 unspecified atom stereocenters. The molecule has 1 atom stereocenters. The summed E-state index contributed by atoms with van der Waals surface area (Å²) in [6, 6.07) is 17.4. The second kappa shape index (κ2) is 5.66. The predicted molar refractivity (Wildman–Crippen MR) is 88.6 cm³/mol. The van der Waals surface area contributed by atoms with E-state index in [0.29, 0.717) is 0 Å². The van der Waals surface area contributed by atoms with Crippen molar-refractivity contribution in [1.29, 1.82) is 0 Å². The van der Waals surface area contributed by atoms with Crippen molar-refractivity contribution in [3.05, 3.63) is 77.0 Å². The van der Waals surface area contributed by atoms with Crippen LogP contribution in [0.2, 0.25) is 0 Å². The molecule has 106 valence electrons. The second-order valence-electron chi connectivity index (χ2n) is 5.54. The van der Waals surface area contributed by atoms with Gasteiger partial charge in [-0.25, -0.2) is 0 Å². The fourth-order valence-corrected chi connectivity index (χ4v) is 2.85. The minimum Gasteiger partial charge on any atom is -0.309 e. The van der Waals surface area contributed by atoms with Crippen LogP contribution >= 0.6 is 0 Å². The van der Waals surface area contributed by atoms with Crippen molar-refractivity contribution in [1.82, 2.24) is 10.3 Å². The highest BCUT2D eigenvalue weighted by Crippen LogP contribution is 2.27. The highest BCUT2D eigenvalue weighted by molar-refractivity contribution is 5.79. The SMILES string of the molecule is CNC(c1ccc2ncccc2c1)c1cc(C)ccc1C. The highest BCUT2D eigenvalue weighted by atomic mass is 14.9. The normalized spacial score (nSPS) is 12.5. The van der Waals surface area contributed by atoms with E-state index in [2.05, 4.69) is 66.6 Å². The number of aryl methyl sites for hydroxylation is 2. The molecule has 0 saturated carbocycles. The largest absolute Gasteiger partial charge is 0.309 e. The minimum atomic E-state index is 0.203. The van der Waals surface area contributed by atoms with E-state index in [-0.39, 0.29) is 6.04 Å². The summed E-state index contributed by atoms with van der Waals surface area (Å²) < 4.78 is 0. The van der Waals surface area contributed by atoms with Gasteiger partial charge in [-0.2, -0.15) is 0 Å². The molecular weight excluding hydrogens is 256 g/mol. The number of fused-ring (bicyclic) bond motifs is 1.